The molecule has 17 heavy (non-hydrogen) atoms. The molecule has 0 atom stereocenters. The number of ether oxygens (including phenoxy) is 1. The van der Waals surface area contributed by atoms with Crippen LogP contribution >= 0.6 is 11.3 Å². The van der Waals surface area contributed by atoms with E-state index in [1.54, 1.807) is 11.3 Å². The summed E-state index contributed by atoms with van der Waals surface area (Å²) in [6.07, 6.45) is 1.75. The summed E-state index contributed by atoms with van der Waals surface area (Å²) in [5.41, 5.74) is 1.40. The molecular formula is C13H19NO2S. The summed E-state index contributed by atoms with van der Waals surface area (Å²) in [6.45, 7) is 8.28. The molecule has 2 heterocycles. The third-order valence-electron chi connectivity index (χ3n) is 3.07. The molecule has 1 aliphatic rings. The average Bonchev–Trinajstić information content (AvgIpc) is 2.53. The first-order chi connectivity index (χ1) is 7.80. The first-order valence-electron chi connectivity index (χ1n) is 5.80. The number of aldehydes is 1. The van der Waals surface area contributed by atoms with E-state index in [-0.39, 0.29) is 11.2 Å². The van der Waals surface area contributed by atoms with Crippen molar-refractivity contribution in [2.24, 2.45) is 0 Å². The molecule has 0 unspecified atom stereocenters. The van der Waals surface area contributed by atoms with Gasteiger partial charge in [0, 0.05) is 18.3 Å². The van der Waals surface area contributed by atoms with Gasteiger partial charge in [0.2, 0.25) is 0 Å². The van der Waals surface area contributed by atoms with Gasteiger partial charge in [-0.2, -0.15) is 0 Å². The normalized spacial score (nSPS) is 20.8. The molecule has 1 aliphatic heterocycles. The molecule has 0 radical (unpaired) electrons. The van der Waals surface area contributed by atoms with E-state index >= 15 is 0 Å². The highest BCUT2D eigenvalue weighted by atomic mass is 32.1. The lowest BCUT2D eigenvalue weighted by Gasteiger charge is -2.41. The van der Waals surface area contributed by atoms with Gasteiger partial charge >= 0.3 is 0 Å². The van der Waals surface area contributed by atoms with Crippen LogP contribution in [-0.2, 0) is 16.8 Å². The van der Waals surface area contributed by atoms with Gasteiger partial charge in [-0.15, -0.1) is 11.3 Å². The molecule has 0 spiro atoms. The fourth-order valence-electron chi connectivity index (χ4n) is 2.65. The van der Waals surface area contributed by atoms with E-state index in [0.717, 1.165) is 28.8 Å². The Balaban J connectivity index is 2.64. The lowest BCUT2D eigenvalue weighted by Crippen LogP contribution is -2.41. The molecule has 3 nitrogen and oxygen atoms in total. The number of carbonyl (C=O) groups excluding carboxylic acids is 1. The van der Waals surface area contributed by atoms with Crippen molar-refractivity contribution in [1.29, 1.82) is 0 Å². The minimum absolute atomic E-state index is 0.222. The van der Waals surface area contributed by atoms with E-state index in [4.69, 9.17) is 4.74 Å². The summed E-state index contributed by atoms with van der Waals surface area (Å²) < 4.78 is 6.11. The zero-order valence-electron chi connectivity index (χ0n) is 11.0. The fourth-order valence-corrected chi connectivity index (χ4v) is 3.83. The third kappa shape index (κ3) is 2.00. The Bertz CT molecular complexity index is 460. The van der Waals surface area contributed by atoms with Gasteiger partial charge in [0.1, 0.15) is 0 Å². The van der Waals surface area contributed by atoms with Crippen molar-refractivity contribution in [3.05, 3.63) is 16.0 Å². The van der Waals surface area contributed by atoms with E-state index in [0.29, 0.717) is 0 Å². The summed E-state index contributed by atoms with van der Waals surface area (Å²) in [4.78, 5) is 12.4. The van der Waals surface area contributed by atoms with Gasteiger partial charge in [-0.25, -0.2) is 0 Å². The van der Waals surface area contributed by atoms with Crippen LogP contribution in [0.1, 0.15) is 48.5 Å². The lowest BCUT2D eigenvalue weighted by atomic mass is 9.87. The Hall–Kier alpha value is -0.870. The minimum Gasteiger partial charge on any atom is -0.379 e. The topological polar surface area (TPSA) is 38.3 Å². The first kappa shape index (κ1) is 12.6. The second-order valence-corrected chi connectivity index (χ2v) is 6.59. The van der Waals surface area contributed by atoms with Gasteiger partial charge in [0.15, 0.2) is 6.29 Å². The molecule has 0 aliphatic carbocycles. The molecule has 2 rings (SSSR count). The van der Waals surface area contributed by atoms with Gasteiger partial charge < -0.3 is 10.1 Å². The zero-order valence-corrected chi connectivity index (χ0v) is 11.8. The number of hydrogen-bond donors (Lipinski definition) is 1. The van der Waals surface area contributed by atoms with Crippen molar-refractivity contribution >= 4 is 22.6 Å². The Morgan fingerprint density at radius 1 is 1.35 bits per heavy atom. The number of carbonyl (C=O) groups is 1. The smallest absolute Gasteiger partial charge is 0.153 e. The molecule has 0 saturated heterocycles. The molecular weight excluding hydrogens is 234 g/mol. The Labute approximate surface area is 106 Å². The van der Waals surface area contributed by atoms with Gasteiger partial charge in [0.25, 0.3) is 0 Å². The standard InChI is InChI=1S/C13H19NO2S/c1-12(2)6-8-9(7-15)11(14-5)17-10(8)13(3,4)16-12/h7,14H,6H2,1-5H3. The summed E-state index contributed by atoms with van der Waals surface area (Å²) in [5, 5.41) is 4.04. The first-order valence-corrected chi connectivity index (χ1v) is 6.61. The second-order valence-electron chi connectivity index (χ2n) is 5.57. The van der Waals surface area contributed by atoms with Crippen LogP contribution < -0.4 is 5.32 Å². The Morgan fingerprint density at radius 2 is 2.00 bits per heavy atom. The van der Waals surface area contributed by atoms with E-state index in [2.05, 4.69) is 33.0 Å². The largest absolute Gasteiger partial charge is 0.379 e. The van der Waals surface area contributed by atoms with Crippen molar-refractivity contribution < 1.29 is 9.53 Å². The SMILES string of the molecule is CNc1sc2c(c1C=O)CC(C)(C)OC2(C)C. The number of fused-ring (bicyclic) bond motifs is 1. The molecule has 1 aromatic heterocycles. The zero-order chi connectivity index (χ0) is 12.8. The lowest BCUT2D eigenvalue weighted by molar-refractivity contribution is -0.135. The monoisotopic (exact) mass is 253 g/mol. The highest BCUT2D eigenvalue weighted by Crippen LogP contribution is 2.47. The van der Waals surface area contributed by atoms with E-state index < -0.39 is 0 Å². The molecule has 1 aromatic rings. The van der Waals surface area contributed by atoms with Crippen LogP contribution in [0.5, 0.6) is 0 Å². The summed E-state index contributed by atoms with van der Waals surface area (Å²) >= 11 is 1.63. The van der Waals surface area contributed by atoms with E-state index in [1.165, 1.54) is 4.88 Å². The second kappa shape index (κ2) is 3.82. The van der Waals surface area contributed by atoms with Crippen LogP contribution in [0.25, 0.3) is 0 Å². The minimum atomic E-state index is -0.325. The van der Waals surface area contributed by atoms with Crippen LogP contribution in [0.15, 0.2) is 0 Å². The van der Waals surface area contributed by atoms with Crippen molar-refractivity contribution in [3.63, 3.8) is 0 Å². The summed E-state index contributed by atoms with van der Waals surface area (Å²) in [7, 11) is 1.85. The number of anilines is 1. The van der Waals surface area contributed by atoms with Gasteiger partial charge in [-0.3, -0.25) is 4.79 Å². The maximum Gasteiger partial charge on any atom is 0.153 e. The molecule has 0 amide bonds. The molecule has 0 bridgehead atoms. The van der Waals surface area contributed by atoms with Crippen LogP contribution in [-0.4, -0.2) is 18.9 Å². The number of nitrogens with one attached hydrogen (secondary N) is 1. The van der Waals surface area contributed by atoms with Gasteiger partial charge in [-0.05, 0) is 33.3 Å². The fraction of sp³-hybridized carbons (Fsp3) is 0.615. The highest BCUT2D eigenvalue weighted by Gasteiger charge is 2.41. The number of hydrogen-bond acceptors (Lipinski definition) is 4. The predicted molar refractivity (Wildman–Crippen MR) is 71.1 cm³/mol. The summed E-state index contributed by atoms with van der Waals surface area (Å²) in [6, 6.07) is 0. The third-order valence-corrected chi connectivity index (χ3v) is 4.64. The maximum atomic E-state index is 11.3. The quantitative estimate of drug-likeness (QED) is 0.823. The molecule has 0 saturated carbocycles. The van der Waals surface area contributed by atoms with Crippen LogP contribution in [0.3, 0.4) is 0 Å². The Morgan fingerprint density at radius 3 is 2.53 bits per heavy atom. The van der Waals surface area contributed by atoms with Gasteiger partial charge in [-0.1, -0.05) is 0 Å². The van der Waals surface area contributed by atoms with Crippen molar-refractivity contribution in [2.45, 2.75) is 45.3 Å². The van der Waals surface area contributed by atoms with Crippen molar-refractivity contribution in [1.82, 2.24) is 0 Å². The molecule has 0 aromatic carbocycles. The number of rotatable bonds is 2. The van der Waals surface area contributed by atoms with Crippen LogP contribution in [0.4, 0.5) is 5.00 Å². The van der Waals surface area contributed by atoms with Crippen molar-refractivity contribution in [3.8, 4) is 0 Å². The predicted octanol–water partition coefficient (Wildman–Crippen LogP) is 3.19. The molecule has 94 valence electrons. The Kier molecular flexibility index (Phi) is 2.83. The number of thiophene rings is 1. The van der Waals surface area contributed by atoms with Crippen molar-refractivity contribution in [2.75, 3.05) is 12.4 Å². The van der Waals surface area contributed by atoms with E-state index in [1.807, 2.05) is 7.05 Å². The van der Waals surface area contributed by atoms with Crippen LogP contribution in [0.2, 0.25) is 0 Å². The maximum absolute atomic E-state index is 11.3. The van der Waals surface area contributed by atoms with Gasteiger partial charge in [0.05, 0.1) is 21.8 Å². The molecule has 4 heteroatoms. The molecule has 0 fully saturated rings. The average molecular weight is 253 g/mol. The van der Waals surface area contributed by atoms with Crippen LogP contribution in [0, 0.1) is 0 Å². The van der Waals surface area contributed by atoms with E-state index in [9.17, 15) is 4.79 Å². The summed E-state index contributed by atoms with van der Waals surface area (Å²) in [5.74, 6) is 0. The highest BCUT2D eigenvalue weighted by molar-refractivity contribution is 7.16. The molecule has 1 N–H and O–H groups in total.